The molecule has 0 bridgehead atoms. The van der Waals surface area contributed by atoms with E-state index in [1.807, 2.05) is 20.8 Å². The van der Waals surface area contributed by atoms with Crippen LogP contribution in [0.2, 0.25) is 0 Å². The largest absolute Gasteiger partial charge is 0.444 e. The minimum atomic E-state index is -2.80. The molecule has 3 unspecified atom stereocenters. The zero-order valence-corrected chi connectivity index (χ0v) is 14.5. The second kappa shape index (κ2) is 6.74. The average Bonchev–Trinajstić information content (AvgIpc) is 2.90. The SMILES string of the molecule is CC(C)(C)OC(=O)NC1CCC(NCC2CCS(=O)(=O)C2)C1. The number of sulfone groups is 1. The molecule has 0 aromatic heterocycles. The molecule has 0 aromatic rings. The molecule has 1 heterocycles. The van der Waals surface area contributed by atoms with Gasteiger partial charge in [0, 0.05) is 12.1 Å². The molecule has 128 valence electrons. The molecule has 0 radical (unpaired) electrons. The van der Waals surface area contributed by atoms with Gasteiger partial charge in [-0.1, -0.05) is 0 Å². The highest BCUT2D eigenvalue weighted by Gasteiger charge is 2.31. The van der Waals surface area contributed by atoms with Gasteiger partial charge in [0.25, 0.3) is 0 Å². The predicted octanol–water partition coefficient (Wildman–Crippen LogP) is 1.46. The van der Waals surface area contributed by atoms with Crippen molar-refractivity contribution in [1.29, 1.82) is 0 Å². The zero-order valence-electron chi connectivity index (χ0n) is 13.7. The maximum atomic E-state index is 11.7. The Morgan fingerprint density at radius 2 is 1.86 bits per heavy atom. The van der Waals surface area contributed by atoms with Crippen LogP contribution < -0.4 is 10.6 Å². The van der Waals surface area contributed by atoms with Crippen molar-refractivity contribution in [2.24, 2.45) is 5.92 Å². The third-order valence-electron chi connectivity index (χ3n) is 4.18. The Morgan fingerprint density at radius 1 is 1.18 bits per heavy atom. The van der Waals surface area contributed by atoms with E-state index in [4.69, 9.17) is 4.74 Å². The van der Waals surface area contributed by atoms with Crippen molar-refractivity contribution in [3.8, 4) is 0 Å². The second-order valence-corrected chi connectivity index (χ2v) is 9.76. The van der Waals surface area contributed by atoms with Gasteiger partial charge in [-0.2, -0.15) is 0 Å². The summed E-state index contributed by atoms with van der Waals surface area (Å²) in [5.74, 6) is 0.877. The molecule has 7 heteroatoms. The smallest absolute Gasteiger partial charge is 0.407 e. The van der Waals surface area contributed by atoms with Crippen LogP contribution in [0.3, 0.4) is 0 Å². The molecule has 1 saturated heterocycles. The number of hydrogen-bond acceptors (Lipinski definition) is 5. The summed E-state index contributed by atoms with van der Waals surface area (Å²) in [7, 11) is -2.80. The van der Waals surface area contributed by atoms with Gasteiger partial charge < -0.3 is 15.4 Å². The number of hydrogen-bond donors (Lipinski definition) is 2. The second-order valence-electron chi connectivity index (χ2n) is 7.53. The minimum absolute atomic E-state index is 0.139. The highest BCUT2D eigenvalue weighted by atomic mass is 32.2. The topological polar surface area (TPSA) is 84.5 Å². The number of ether oxygens (including phenoxy) is 1. The van der Waals surface area contributed by atoms with Crippen LogP contribution in [0.25, 0.3) is 0 Å². The van der Waals surface area contributed by atoms with Gasteiger partial charge in [0.1, 0.15) is 5.60 Å². The molecule has 22 heavy (non-hydrogen) atoms. The Hall–Kier alpha value is -0.820. The summed E-state index contributed by atoms with van der Waals surface area (Å²) in [5.41, 5.74) is -0.478. The van der Waals surface area contributed by atoms with Crippen molar-refractivity contribution >= 4 is 15.9 Å². The maximum absolute atomic E-state index is 11.7. The van der Waals surface area contributed by atoms with Gasteiger partial charge in [0.2, 0.25) is 0 Å². The van der Waals surface area contributed by atoms with Crippen molar-refractivity contribution < 1.29 is 17.9 Å². The highest BCUT2D eigenvalue weighted by molar-refractivity contribution is 7.91. The van der Waals surface area contributed by atoms with Crippen LogP contribution in [0.4, 0.5) is 4.79 Å². The molecule has 1 amide bonds. The molecule has 3 atom stereocenters. The first-order valence-electron chi connectivity index (χ1n) is 8.06. The molecule has 6 nitrogen and oxygen atoms in total. The van der Waals surface area contributed by atoms with E-state index in [2.05, 4.69) is 10.6 Å². The zero-order chi connectivity index (χ0) is 16.4. The summed E-state index contributed by atoms with van der Waals surface area (Å²) < 4.78 is 28.1. The van der Waals surface area contributed by atoms with Crippen molar-refractivity contribution in [3.05, 3.63) is 0 Å². The molecule has 2 aliphatic rings. The summed E-state index contributed by atoms with van der Waals surface area (Å²) in [6, 6.07) is 0.489. The summed E-state index contributed by atoms with van der Waals surface area (Å²) in [6.07, 6.45) is 3.21. The third kappa shape index (κ3) is 5.76. The first-order chi connectivity index (χ1) is 10.1. The lowest BCUT2D eigenvalue weighted by atomic mass is 10.1. The Balaban J connectivity index is 1.66. The summed E-state index contributed by atoms with van der Waals surface area (Å²) in [6.45, 7) is 6.30. The van der Waals surface area contributed by atoms with E-state index in [-0.39, 0.29) is 18.1 Å². The molecular formula is C15H28N2O4S. The lowest BCUT2D eigenvalue weighted by molar-refractivity contribution is 0.0505. The first kappa shape index (κ1) is 17.5. The van der Waals surface area contributed by atoms with E-state index in [0.717, 1.165) is 32.2 Å². The molecule has 0 aromatic carbocycles. The molecule has 0 spiro atoms. The van der Waals surface area contributed by atoms with Crippen molar-refractivity contribution in [3.63, 3.8) is 0 Å². The number of rotatable bonds is 4. The van der Waals surface area contributed by atoms with E-state index in [0.29, 0.717) is 17.5 Å². The van der Waals surface area contributed by atoms with Gasteiger partial charge in [-0.05, 0) is 58.9 Å². The fourth-order valence-corrected chi connectivity index (χ4v) is 5.00. The lowest BCUT2D eigenvalue weighted by Gasteiger charge is -2.22. The number of nitrogens with one attached hydrogen (secondary N) is 2. The van der Waals surface area contributed by atoms with Crippen LogP contribution >= 0.6 is 0 Å². The molecular weight excluding hydrogens is 304 g/mol. The Labute approximate surface area is 133 Å². The van der Waals surface area contributed by atoms with Crippen LogP contribution in [0.1, 0.15) is 46.5 Å². The number of alkyl carbamates (subject to hydrolysis) is 1. The highest BCUT2D eigenvalue weighted by Crippen LogP contribution is 2.22. The Morgan fingerprint density at radius 3 is 2.45 bits per heavy atom. The average molecular weight is 332 g/mol. The van der Waals surface area contributed by atoms with Crippen LogP contribution in [0, 0.1) is 5.92 Å². The van der Waals surface area contributed by atoms with Crippen LogP contribution in [-0.2, 0) is 14.6 Å². The van der Waals surface area contributed by atoms with E-state index in [1.165, 1.54) is 0 Å². The van der Waals surface area contributed by atoms with E-state index in [9.17, 15) is 13.2 Å². The molecule has 1 aliphatic carbocycles. The van der Waals surface area contributed by atoms with Crippen LogP contribution in [-0.4, -0.2) is 50.2 Å². The van der Waals surface area contributed by atoms with Crippen molar-refractivity contribution in [2.75, 3.05) is 18.1 Å². The maximum Gasteiger partial charge on any atom is 0.407 e. The first-order valence-corrected chi connectivity index (χ1v) is 9.88. The fourth-order valence-electron chi connectivity index (χ4n) is 3.14. The van der Waals surface area contributed by atoms with Gasteiger partial charge in [0.15, 0.2) is 9.84 Å². The molecule has 2 rings (SSSR count). The van der Waals surface area contributed by atoms with Crippen molar-refractivity contribution in [2.45, 2.75) is 64.1 Å². The van der Waals surface area contributed by atoms with Crippen LogP contribution in [0.15, 0.2) is 0 Å². The monoisotopic (exact) mass is 332 g/mol. The van der Waals surface area contributed by atoms with E-state index in [1.54, 1.807) is 0 Å². The van der Waals surface area contributed by atoms with Gasteiger partial charge in [-0.3, -0.25) is 0 Å². The number of carbonyl (C=O) groups is 1. The van der Waals surface area contributed by atoms with Crippen LogP contribution in [0.5, 0.6) is 0 Å². The van der Waals surface area contributed by atoms with Gasteiger partial charge in [-0.25, -0.2) is 13.2 Å². The molecule has 2 fully saturated rings. The van der Waals surface area contributed by atoms with Gasteiger partial charge >= 0.3 is 6.09 Å². The number of amides is 1. The normalized spacial score (nSPS) is 31.1. The summed E-state index contributed by atoms with van der Waals surface area (Å²) in [5, 5.41) is 6.37. The third-order valence-corrected chi connectivity index (χ3v) is 6.01. The summed E-state index contributed by atoms with van der Waals surface area (Å²) in [4.78, 5) is 11.7. The minimum Gasteiger partial charge on any atom is -0.444 e. The van der Waals surface area contributed by atoms with Gasteiger partial charge in [-0.15, -0.1) is 0 Å². The fraction of sp³-hybridized carbons (Fsp3) is 0.933. The summed E-state index contributed by atoms with van der Waals surface area (Å²) >= 11 is 0. The quantitative estimate of drug-likeness (QED) is 0.814. The molecule has 2 N–H and O–H groups in total. The van der Waals surface area contributed by atoms with Gasteiger partial charge in [0.05, 0.1) is 11.5 Å². The van der Waals surface area contributed by atoms with E-state index >= 15 is 0 Å². The number of carbonyl (C=O) groups excluding carboxylic acids is 1. The predicted molar refractivity (Wildman–Crippen MR) is 85.6 cm³/mol. The lowest BCUT2D eigenvalue weighted by Crippen LogP contribution is -2.39. The molecule has 1 saturated carbocycles. The Bertz CT molecular complexity index is 498. The Kier molecular flexibility index (Phi) is 5.37. The van der Waals surface area contributed by atoms with E-state index < -0.39 is 15.4 Å². The molecule has 1 aliphatic heterocycles. The standard InChI is InChI=1S/C15H28N2O4S/c1-15(2,3)21-14(18)17-13-5-4-12(8-13)16-9-11-6-7-22(19,20)10-11/h11-13,16H,4-10H2,1-3H3,(H,17,18). The van der Waals surface area contributed by atoms with Crippen molar-refractivity contribution in [1.82, 2.24) is 10.6 Å².